The maximum Gasteiger partial charge on any atom is 0.254 e. The highest BCUT2D eigenvalue weighted by Gasteiger charge is 2.24. The number of halogens is 1. The second kappa shape index (κ2) is 11.6. The van der Waals surface area contributed by atoms with Gasteiger partial charge in [-0.15, -0.1) is 16.8 Å². The SMILES string of the molecule is C=CCN(CC(=O)N1CCCN(c2ccc(-c3ccccc3Cl)nn2)CC1)C(=O)c1ccccc1. The molecule has 1 saturated heterocycles. The van der Waals surface area contributed by atoms with E-state index in [1.54, 1.807) is 18.2 Å². The van der Waals surface area contributed by atoms with Crippen LogP contribution >= 0.6 is 11.6 Å². The molecule has 0 saturated carbocycles. The van der Waals surface area contributed by atoms with E-state index in [1.807, 2.05) is 59.5 Å². The topological polar surface area (TPSA) is 69.6 Å². The number of carbonyl (C=O) groups excluding carboxylic acids is 2. The number of amides is 2. The summed E-state index contributed by atoms with van der Waals surface area (Å²) in [6, 6.07) is 20.4. The third kappa shape index (κ3) is 6.05. The Bertz CT molecular complexity index is 1170. The fourth-order valence-electron chi connectivity index (χ4n) is 4.10. The molecule has 4 rings (SSSR count). The Morgan fingerprint density at radius 2 is 1.71 bits per heavy atom. The van der Waals surface area contributed by atoms with E-state index in [2.05, 4.69) is 21.7 Å². The summed E-state index contributed by atoms with van der Waals surface area (Å²) in [7, 11) is 0. The van der Waals surface area contributed by atoms with Crippen LogP contribution in [0.15, 0.2) is 79.4 Å². The van der Waals surface area contributed by atoms with Crippen LogP contribution in [0, 0.1) is 0 Å². The fourth-order valence-corrected chi connectivity index (χ4v) is 4.34. The highest BCUT2D eigenvalue weighted by atomic mass is 35.5. The third-order valence-electron chi connectivity index (χ3n) is 5.96. The molecule has 35 heavy (non-hydrogen) atoms. The van der Waals surface area contributed by atoms with E-state index in [-0.39, 0.29) is 18.4 Å². The van der Waals surface area contributed by atoms with Crippen molar-refractivity contribution in [1.82, 2.24) is 20.0 Å². The van der Waals surface area contributed by atoms with Gasteiger partial charge in [-0.3, -0.25) is 9.59 Å². The van der Waals surface area contributed by atoms with Crippen LogP contribution in [0.2, 0.25) is 5.02 Å². The van der Waals surface area contributed by atoms with Gasteiger partial charge >= 0.3 is 0 Å². The van der Waals surface area contributed by atoms with Gasteiger partial charge < -0.3 is 14.7 Å². The highest BCUT2D eigenvalue weighted by Crippen LogP contribution is 2.26. The molecule has 0 N–H and O–H groups in total. The highest BCUT2D eigenvalue weighted by molar-refractivity contribution is 6.33. The molecule has 1 aromatic heterocycles. The summed E-state index contributed by atoms with van der Waals surface area (Å²) in [5.41, 5.74) is 2.12. The molecule has 1 fully saturated rings. The van der Waals surface area contributed by atoms with Crippen molar-refractivity contribution in [3.63, 3.8) is 0 Å². The molecular formula is C27H28ClN5O2. The zero-order chi connectivity index (χ0) is 24.6. The third-order valence-corrected chi connectivity index (χ3v) is 6.29. The van der Waals surface area contributed by atoms with Crippen molar-refractivity contribution >= 4 is 29.2 Å². The zero-order valence-corrected chi connectivity index (χ0v) is 20.3. The van der Waals surface area contributed by atoms with E-state index in [0.717, 1.165) is 30.0 Å². The first kappa shape index (κ1) is 24.4. The molecule has 0 unspecified atom stereocenters. The summed E-state index contributed by atoms with van der Waals surface area (Å²) in [5, 5.41) is 9.41. The van der Waals surface area contributed by atoms with Gasteiger partial charge in [0, 0.05) is 43.9 Å². The molecule has 2 heterocycles. The van der Waals surface area contributed by atoms with E-state index in [4.69, 9.17) is 11.6 Å². The van der Waals surface area contributed by atoms with E-state index in [1.165, 1.54) is 4.90 Å². The largest absolute Gasteiger partial charge is 0.353 e. The average molecular weight is 490 g/mol. The van der Waals surface area contributed by atoms with Gasteiger partial charge in [0.1, 0.15) is 6.54 Å². The van der Waals surface area contributed by atoms with Crippen LogP contribution in [0.1, 0.15) is 16.8 Å². The lowest BCUT2D eigenvalue weighted by Crippen LogP contribution is -2.44. The van der Waals surface area contributed by atoms with Crippen LogP contribution in [0.5, 0.6) is 0 Å². The smallest absolute Gasteiger partial charge is 0.254 e. The molecule has 8 heteroatoms. The predicted molar refractivity (Wildman–Crippen MR) is 138 cm³/mol. The molecule has 1 aliphatic heterocycles. The van der Waals surface area contributed by atoms with Crippen molar-refractivity contribution in [3.05, 3.63) is 90.0 Å². The van der Waals surface area contributed by atoms with Crippen LogP contribution in [-0.4, -0.2) is 71.1 Å². The second-order valence-corrected chi connectivity index (χ2v) is 8.73. The normalized spacial score (nSPS) is 13.7. The molecule has 3 aromatic rings. The first-order valence-corrected chi connectivity index (χ1v) is 12.0. The summed E-state index contributed by atoms with van der Waals surface area (Å²) in [6.07, 6.45) is 2.44. The molecule has 0 radical (unpaired) electrons. The Kier molecular flexibility index (Phi) is 8.11. The monoisotopic (exact) mass is 489 g/mol. The Hall–Kier alpha value is -3.71. The zero-order valence-electron chi connectivity index (χ0n) is 19.5. The number of anilines is 1. The van der Waals surface area contributed by atoms with Crippen molar-refractivity contribution in [1.29, 1.82) is 0 Å². The molecule has 2 aromatic carbocycles. The van der Waals surface area contributed by atoms with Gasteiger partial charge in [0.15, 0.2) is 5.82 Å². The standard InChI is InChI=1S/C27H28ClN5O2/c1-2-15-33(27(35)21-9-4-3-5-10-21)20-26(34)32-17-8-16-31(18-19-32)25-14-13-24(29-30-25)22-11-6-7-12-23(22)28/h2-7,9-14H,1,8,15-20H2. The molecule has 2 amide bonds. The maximum atomic E-state index is 13.1. The molecule has 0 aliphatic carbocycles. The summed E-state index contributed by atoms with van der Waals surface area (Å²) in [5.74, 6) is 0.518. The van der Waals surface area contributed by atoms with Crippen LogP contribution in [0.3, 0.4) is 0 Å². The van der Waals surface area contributed by atoms with Gasteiger partial charge in [0.05, 0.1) is 10.7 Å². The number of carbonyl (C=O) groups is 2. The number of hydrogen-bond donors (Lipinski definition) is 0. The molecular weight excluding hydrogens is 462 g/mol. The van der Waals surface area contributed by atoms with E-state index in [0.29, 0.717) is 36.8 Å². The quantitative estimate of drug-likeness (QED) is 0.466. The number of nitrogens with zero attached hydrogens (tertiary/aromatic N) is 5. The summed E-state index contributed by atoms with van der Waals surface area (Å²) < 4.78 is 0. The molecule has 180 valence electrons. The summed E-state index contributed by atoms with van der Waals surface area (Å²) in [4.78, 5) is 31.5. The first-order valence-electron chi connectivity index (χ1n) is 11.6. The van der Waals surface area contributed by atoms with Gasteiger partial charge in [0.25, 0.3) is 5.91 Å². The van der Waals surface area contributed by atoms with Gasteiger partial charge in [-0.2, -0.15) is 0 Å². The molecule has 0 atom stereocenters. The summed E-state index contributed by atoms with van der Waals surface area (Å²) >= 11 is 6.28. The van der Waals surface area contributed by atoms with Crippen LogP contribution in [-0.2, 0) is 4.79 Å². The lowest BCUT2D eigenvalue weighted by atomic mass is 10.1. The van der Waals surface area contributed by atoms with Crippen molar-refractivity contribution in [2.75, 3.05) is 44.2 Å². The molecule has 0 bridgehead atoms. The van der Waals surface area contributed by atoms with Crippen LogP contribution in [0.25, 0.3) is 11.3 Å². The number of benzene rings is 2. The van der Waals surface area contributed by atoms with Crippen LogP contribution < -0.4 is 4.90 Å². The Labute approximate surface area is 210 Å². The predicted octanol–water partition coefficient (Wildman–Crippen LogP) is 4.16. The van der Waals surface area contributed by atoms with Crippen LogP contribution in [0.4, 0.5) is 5.82 Å². The minimum Gasteiger partial charge on any atom is -0.353 e. The van der Waals surface area contributed by atoms with E-state index < -0.39 is 0 Å². The molecule has 0 spiro atoms. The minimum atomic E-state index is -0.177. The number of aromatic nitrogens is 2. The number of rotatable bonds is 7. The summed E-state index contributed by atoms with van der Waals surface area (Å²) in [6.45, 7) is 6.65. The second-order valence-electron chi connectivity index (χ2n) is 8.32. The van der Waals surface area contributed by atoms with Crippen molar-refractivity contribution in [2.45, 2.75) is 6.42 Å². The average Bonchev–Trinajstić information content (AvgIpc) is 3.15. The lowest BCUT2D eigenvalue weighted by molar-refractivity contribution is -0.131. The fraction of sp³-hybridized carbons (Fsp3) is 0.259. The lowest BCUT2D eigenvalue weighted by Gasteiger charge is -2.26. The van der Waals surface area contributed by atoms with Crippen molar-refractivity contribution in [3.8, 4) is 11.3 Å². The van der Waals surface area contributed by atoms with Gasteiger partial charge in [-0.05, 0) is 36.8 Å². The molecule has 1 aliphatic rings. The van der Waals surface area contributed by atoms with Crippen molar-refractivity contribution in [2.24, 2.45) is 0 Å². The van der Waals surface area contributed by atoms with Gasteiger partial charge in [0.2, 0.25) is 5.91 Å². The Morgan fingerprint density at radius 3 is 2.43 bits per heavy atom. The van der Waals surface area contributed by atoms with Crippen molar-refractivity contribution < 1.29 is 9.59 Å². The van der Waals surface area contributed by atoms with Gasteiger partial charge in [-0.1, -0.05) is 54.1 Å². The van der Waals surface area contributed by atoms with Gasteiger partial charge in [-0.25, -0.2) is 0 Å². The Morgan fingerprint density at radius 1 is 0.943 bits per heavy atom. The molecule has 7 nitrogen and oxygen atoms in total. The van der Waals surface area contributed by atoms with E-state index in [9.17, 15) is 9.59 Å². The maximum absolute atomic E-state index is 13.1. The number of hydrogen-bond acceptors (Lipinski definition) is 5. The minimum absolute atomic E-state index is 0.0199. The van der Waals surface area contributed by atoms with E-state index >= 15 is 0 Å². The Balaban J connectivity index is 1.38. The first-order chi connectivity index (χ1) is 17.1.